The minimum atomic E-state index is -2.56. The van der Waals surface area contributed by atoms with Gasteiger partial charge in [-0.25, -0.2) is 0 Å². The number of rotatable bonds is 6. The number of nitrogens with zero attached hydrogens (tertiary/aromatic N) is 1. The van der Waals surface area contributed by atoms with Gasteiger partial charge in [0.25, 0.3) is 8.32 Å². The summed E-state index contributed by atoms with van der Waals surface area (Å²) in [6.45, 7) is 8.33. The summed E-state index contributed by atoms with van der Waals surface area (Å²) in [6, 6.07) is 23.7. The van der Waals surface area contributed by atoms with E-state index in [1.807, 2.05) is 0 Å². The van der Waals surface area contributed by atoms with Crippen molar-refractivity contribution in [3.05, 3.63) is 78.2 Å². The zero-order chi connectivity index (χ0) is 20.3. The number of hydrogen-bond acceptors (Lipinski definition) is 4. The number of nitrogens with one attached hydrogen (secondary N) is 1. The fourth-order valence-electron chi connectivity index (χ4n) is 4.44. The molecule has 0 spiro atoms. The molecule has 2 heterocycles. The highest BCUT2D eigenvalue weighted by Gasteiger charge is 2.50. The van der Waals surface area contributed by atoms with Crippen molar-refractivity contribution in [2.24, 2.45) is 0 Å². The van der Waals surface area contributed by atoms with E-state index in [0.717, 1.165) is 24.4 Å². The standard InChI is InChI=1S/C24H30N2O2Si/c1-24(2,3)29(20-11-6-4-7-12-20,21-13-8-5-9-14-21)27-18-19-17-23(26-28-19)22-15-10-16-25-22/h4-9,11-14,17,22,25H,10,15-16,18H2,1-3H3/t22-/m0/s1. The van der Waals surface area contributed by atoms with E-state index in [1.165, 1.54) is 16.8 Å². The molecule has 0 aliphatic carbocycles. The zero-order valence-electron chi connectivity index (χ0n) is 17.5. The molecule has 1 aromatic heterocycles. The first kappa shape index (κ1) is 20.1. The molecule has 0 bridgehead atoms. The first-order chi connectivity index (χ1) is 14.0. The molecule has 0 saturated carbocycles. The van der Waals surface area contributed by atoms with Crippen LogP contribution in [0.3, 0.4) is 0 Å². The van der Waals surface area contributed by atoms with E-state index >= 15 is 0 Å². The molecule has 1 atom stereocenters. The van der Waals surface area contributed by atoms with Crippen LogP contribution in [0.25, 0.3) is 0 Å². The molecular formula is C24H30N2O2Si. The topological polar surface area (TPSA) is 47.3 Å². The molecule has 152 valence electrons. The maximum Gasteiger partial charge on any atom is 0.261 e. The minimum Gasteiger partial charge on any atom is -0.400 e. The summed E-state index contributed by atoms with van der Waals surface area (Å²) in [5.74, 6) is 0.793. The Labute approximate surface area is 174 Å². The molecule has 4 nitrogen and oxygen atoms in total. The third kappa shape index (κ3) is 3.95. The highest BCUT2D eigenvalue weighted by molar-refractivity contribution is 6.99. The smallest absolute Gasteiger partial charge is 0.261 e. The van der Waals surface area contributed by atoms with Gasteiger partial charge in [-0.05, 0) is 34.8 Å². The van der Waals surface area contributed by atoms with Crippen molar-refractivity contribution in [1.29, 1.82) is 0 Å². The van der Waals surface area contributed by atoms with Crippen LogP contribution in [-0.4, -0.2) is 20.0 Å². The molecule has 1 fully saturated rings. The molecule has 1 saturated heterocycles. The van der Waals surface area contributed by atoms with Gasteiger partial charge in [-0.1, -0.05) is 86.6 Å². The lowest BCUT2D eigenvalue weighted by Gasteiger charge is -2.42. The van der Waals surface area contributed by atoms with Crippen molar-refractivity contribution in [2.75, 3.05) is 6.54 Å². The Morgan fingerprint density at radius 2 is 1.66 bits per heavy atom. The van der Waals surface area contributed by atoms with Crippen LogP contribution >= 0.6 is 0 Å². The maximum absolute atomic E-state index is 6.91. The van der Waals surface area contributed by atoms with Crippen molar-refractivity contribution >= 4 is 18.7 Å². The Hall–Kier alpha value is -2.21. The van der Waals surface area contributed by atoms with Crippen LogP contribution in [0.4, 0.5) is 0 Å². The normalized spacial score (nSPS) is 17.6. The highest BCUT2D eigenvalue weighted by atomic mass is 28.4. The molecule has 0 unspecified atom stereocenters. The average Bonchev–Trinajstić information content (AvgIpc) is 3.41. The fraction of sp³-hybridized carbons (Fsp3) is 0.375. The molecule has 0 amide bonds. The summed E-state index contributed by atoms with van der Waals surface area (Å²) in [4.78, 5) is 0. The summed E-state index contributed by atoms with van der Waals surface area (Å²) >= 11 is 0. The van der Waals surface area contributed by atoms with Crippen LogP contribution in [0.2, 0.25) is 5.04 Å². The molecule has 1 aliphatic rings. The summed E-state index contributed by atoms with van der Waals surface area (Å²) in [5.41, 5.74) is 0.989. The van der Waals surface area contributed by atoms with E-state index in [4.69, 9.17) is 8.95 Å². The number of hydrogen-bond donors (Lipinski definition) is 1. The highest BCUT2D eigenvalue weighted by Crippen LogP contribution is 2.37. The van der Waals surface area contributed by atoms with E-state index in [-0.39, 0.29) is 5.04 Å². The average molecular weight is 407 g/mol. The van der Waals surface area contributed by atoms with Crippen molar-refractivity contribution in [2.45, 2.75) is 51.3 Å². The van der Waals surface area contributed by atoms with E-state index in [9.17, 15) is 0 Å². The second-order valence-electron chi connectivity index (χ2n) is 8.82. The lowest BCUT2D eigenvalue weighted by molar-refractivity contribution is 0.235. The van der Waals surface area contributed by atoms with Gasteiger partial charge in [-0.2, -0.15) is 0 Å². The predicted molar refractivity (Wildman–Crippen MR) is 119 cm³/mol. The Kier molecular flexibility index (Phi) is 5.72. The molecule has 29 heavy (non-hydrogen) atoms. The van der Waals surface area contributed by atoms with Crippen LogP contribution in [-0.2, 0) is 11.0 Å². The van der Waals surface area contributed by atoms with Gasteiger partial charge in [-0.3, -0.25) is 0 Å². The van der Waals surface area contributed by atoms with Crippen LogP contribution in [0, 0.1) is 0 Å². The third-order valence-electron chi connectivity index (χ3n) is 5.84. The van der Waals surface area contributed by atoms with Gasteiger partial charge in [0.15, 0.2) is 5.76 Å². The van der Waals surface area contributed by atoms with Crippen LogP contribution in [0.15, 0.2) is 71.3 Å². The Bertz CT molecular complexity index is 873. The second kappa shape index (κ2) is 8.26. The number of benzene rings is 2. The van der Waals surface area contributed by atoms with Gasteiger partial charge < -0.3 is 14.3 Å². The molecular weight excluding hydrogens is 376 g/mol. The summed E-state index contributed by atoms with van der Waals surface area (Å²) in [5, 5.41) is 10.3. The molecule has 1 N–H and O–H groups in total. The molecule has 0 radical (unpaired) electrons. The van der Waals surface area contributed by atoms with Gasteiger partial charge in [0.1, 0.15) is 5.69 Å². The van der Waals surface area contributed by atoms with E-state index in [0.29, 0.717) is 12.6 Å². The summed E-state index contributed by atoms with van der Waals surface area (Å²) < 4.78 is 12.6. The van der Waals surface area contributed by atoms with Crippen molar-refractivity contribution in [1.82, 2.24) is 10.5 Å². The van der Waals surface area contributed by atoms with Gasteiger partial charge >= 0.3 is 0 Å². The maximum atomic E-state index is 6.91. The van der Waals surface area contributed by atoms with Crippen molar-refractivity contribution < 1.29 is 8.95 Å². The lowest BCUT2D eigenvalue weighted by atomic mass is 10.1. The Balaban J connectivity index is 1.69. The first-order valence-electron chi connectivity index (χ1n) is 10.4. The van der Waals surface area contributed by atoms with Crippen LogP contribution in [0.1, 0.15) is 51.1 Å². The number of aromatic nitrogens is 1. The minimum absolute atomic E-state index is 0.0500. The van der Waals surface area contributed by atoms with Crippen LogP contribution < -0.4 is 15.7 Å². The largest absolute Gasteiger partial charge is 0.400 e. The third-order valence-corrected chi connectivity index (χ3v) is 10.8. The van der Waals surface area contributed by atoms with Gasteiger partial charge in [0.2, 0.25) is 0 Å². The SMILES string of the molecule is CC(C)(C)[Si](OCc1cc([C@@H]2CCCN2)no1)(c1ccccc1)c1ccccc1. The molecule has 4 rings (SSSR count). The second-order valence-corrected chi connectivity index (χ2v) is 13.1. The molecule has 2 aromatic carbocycles. The van der Waals surface area contributed by atoms with E-state index < -0.39 is 8.32 Å². The summed E-state index contributed by atoms with van der Waals surface area (Å²) in [6.07, 6.45) is 2.30. The van der Waals surface area contributed by atoms with Gasteiger partial charge in [0.05, 0.1) is 12.6 Å². The summed E-state index contributed by atoms with van der Waals surface area (Å²) in [7, 11) is -2.56. The fourth-order valence-corrected chi connectivity index (χ4v) is 8.95. The Morgan fingerprint density at radius 1 is 1.03 bits per heavy atom. The van der Waals surface area contributed by atoms with Gasteiger partial charge in [0, 0.05) is 6.07 Å². The van der Waals surface area contributed by atoms with Crippen LogP contribution in [0.5, 0.6) is 0 Å². The molecule has 1 aliphatic heterocycles. The zero-order valence-corrected chi connectivity index (χ0v) is 18.5. The first-order valence-corrected chi connectivity index (χ1v) is 12.4. The predicted octanol–water partition coefficient (Wildman–Crippen LogP) is 4.18. The van der Waals surface area contributed by atoms with Gasteiger partial charge in [-0.15, -0.1) is 0 Å². The quantitative estimate of drug-likeness (QED) is 0.624. The van der Waals surface area contributed by atoms with E-state index in [1.54, 1.807) is 0 Å². The van der Waals surface area contributed by atoms with Crippen molar-refractivity contribution in [3.63, 3.8) is 0 Å². The Morgan fingerprint density at radius 3 is 2.17 bits per heavy atom. The molecule has 5 heteroatoms. The van der Waals surface area contributed by atoms with Crippen molar-refractivity contribution in [3.8, 4) is 0 Å². The van der Waals surface area contributed by atoms with E-state index in [2.05, 4.69) is 98.0 Å². The lowest BCUT2D eigenvalue weighted by Crippen LogP contribution is -2.66. The monoisotopic (exact) mass is 406 g/mol. The molecule has 3 aromatic rings.